The molecule has 3 aromatic rings. The Morgan fingerprint density at radius 1 is 1.22 bits per heavy atom. The maximum absolute atomic E-state index is 12.4. The molecule has 0 saturated carbocycles. The van der Waals surface area contributed by atoms with Gasteiger partial charge in [-0.2, -0.15) is 4.98 Å². The van der Waals surface area contributed by atoms with Gasteiger partial charge in [0.25, 0.3) is 5.56 Å². The van der Waals surface area contributed by atoms with E-state index >= 15 is 0 Å². The van der Waals surface area contributed by atoms with Gasteiger partial charge in [0.1, 0.15) is 5.56 Å². The molecule has 27 heavy (non-hydrogen) atoms. The number of hydrogen-bond donors (Lipinski definition) is 3. The third-order valence-electron chi connectivity index (χ3n) is 3.69. The molecule has 2 aromatic carbocycles. The molecule has 3 rings (SSSR count). The van der Waals surface area contributed by atoms with Gasteiger partial charge in [0.2, 0.25) is 11.8 Å². The first-order valence-electron chi connectivity index (χ1n) is 8.06. The maximum Gasteiger partial charge on any atom is 0.263 e. The molecule has 138 valence electrons. The van der Waals surface area contributed by atoms with Crippen molar-refractivity contribution in [1.82, 2.24) is 9.97 Å². The fourth-order valence-corrected chi connectivity index (χ4v) is 3.38. The Balaban J connectivity index is 1.75. The third kappa shape index (κ3) is 4.69. The molecule has 0 spiro atoms. The molecule has 0 bridgehead atoms. The number of benzene rings is 2. The molecule has 1 atom stereocenters. The number of carbonyl (C=O) groups is 1. The summed E-state index contributed by atoms with van der Waals surface area (Å²) in [5.74, 6) is -0.661. The first-order chi connectivity index (χ1) is 12.9. The number of carbonyl (C=O) groups excluding carboxylic acids is 1. The highest BCUT2D eigenvalue weighted by atomic mass is 35.5. The molecule has 0 aliphatic carbocycles. The Hall–Kier alpha value is -2.77. The second-order valence-corrected chi connectivity index (χ2v) is 7.46. The number of H-pyrrole nitrogens is 1. The molecular weight excluding hydrogens is 386 g/mol. The van der Waals surface area contributed by atoms with Crippen LogP contribution in [-0.2, 0) is 4.79 Å². The van der Waals surface area contributed by atoms with Crippen molar-refractivity contribution in [2.75, 3.05) is 5.32 Å². The van der Waals surface area contributed by atoms with E-state index in [4.69, 9.17) is 11.6 Å². The highest BCUT2D eigenvalue weighted by Gasteiger charge is 2.19. The lowest BCUT2D eigenvalue weighted by molar-refractivity contribution is -0.115. The number of aromatic amines is 1. The van der Waals surface area contributed by atoms with Gasteiger partial charge in [-0.05, 0) is 30.7 Å². The highest BCUT2D eigenvalue weighted by Crippen LogP contribution is 2.27. The van der Waals surface area contributed by atoms with Crippen LogP contribution in [0.3, 0.4) is 0 Å². The number of aromatic hydroxyl groups is 1. The summed E-state index contributed by atoms with van der Waals surface area (Å²) in [6.07, 6.45) is 0. The van der Waals surface area contributed by atoms with Gasteiger partial charge >= 0.3 is 0 Å². The van der Waals surface area contributed by atoms with Crippen molar-refractivity contribution >= 4 is 35.0 Å². The van der Waals surface area contributed by atoms with Crippen LogP contribution in [0.2, 0.25) is 5.02 Å². The van der Waals surface area contributed by atoms with Crippen LogP contribution in [-0.4, -0.2) is 26.2 Å². The van der Waals surface area contributed by atoms with E-state index in [1.54, 1.807) is 55.5 Å². The predicted molar refractivity (Wildman–Crippen MR) is 107 cm³/mol. The molecule has 1 heterocycles. The molecule has 0 aliphatic heterocycles. The molecule has 1 amide bonds. The Morgan fingerprint density at radius 2 is 1.96 bits per heavy atom. The zero-order chi connectivity index (χ0) is 19.4. The number of anilines is 1. The number of aromatic nitrogens is 2. The standard InChI is InChI=1S/C19H16ClN3O3S/c1-11(16(24)21-14-9-5-8-13(20)10-14)27-19-22-17(25)15(18(26)23-19)12-6-3-2-4-7-12/h2-11H,1H3,(H,21,24)(H2,22,23,25,26)/t11-/m1/s1. The number of amides is 1. The summed E-state index contributed by atoms with van der Waals surface area (Å²) in [5.41, 5.74) is 0.755. The summed E-state index contributed by atoms with van der Waals surface area (Å²) in [6, 6.07) is 15.6. The molecule has 8 heteroatoms. The monoisotopic (exact) mass is 401 g/mol. The van der Waals surface area contributed by atoms with Crippen molar-refractivity contribution in [3.05, 3.63) is 70.0 Å². The van der Waals surface area contributed by atoms with E-state index < -0.39 is 10.8 Å². The average Bonchev–Trinajstić information content (AvgIpc) is 2.62. The van der Waals surface area contributed by atoms with Crippen LogP contribution in [0, 0.1) is 0 Å². The Bertz CT molecular complexity index is 1020. The lowest BCUT2D eigenvalue weighted by atomic mass is 10.1. The van der Waals surface area contributed by atoms with Gasteiger partial charge in [0, 0.05) is 10.7 Å². The van der Waals surface area contributed by atoms with Crippen molar-refractivity contribution in [3.63, 3.8) is 0 Å². The summed E-state index contributed by atoms with van der Waals surface area (Å²) in [4.78, 5) is 31.3. The van der Waals surface area contributed by atoms with Gasteiger partial charge in [-0.25, -0.2) is 0 Å². The highest BCUT2D eigenvalue weighted by molar-refractivity contribution is 8.00. The number of nitrogens with one attached hydrogen (secondary N) is 2. The Labute approximate surface area is 164 Å². The van der Waals surface area contributed by atoms with Crippen LogP contribution < -0.4 is 10.9 Å². The summed E-state index contributed by atoms with van der Waals surface area (Å²) in [7, 11) is 0. The Morgan fingerprint density at radius 3 is 2.63 bits per heavy atom. The van der Waals surface area contributed by atoms with Gasteiger partial charge in [0.05, 0.1) is 5.25 Å². The number of rotatable bonds is 5. The van der Waals surface area contributed by atoms with Crippen LogP contribution in [0.25, 0.3) is 11.1 Å². The molecule has 3 N–H and O–H groups in total. The minimum atomic E-state index is -0.561. The van der Waals surface area contributed by atoms with Gasteiger partial charge in [0.15, 0.2) is 5.16 Å². The molecule has 0 fully saturated rings. The Kier molecular flexibility index (Phi) is 5.83. The second kappa shape index (κ2) is 8.28. The fraction of sp³-hybridized carbons (Fsp3) is 0.105. The van der Waals surface area contributed by atoms with Gasteiger partial charge < -0.3 is 15.4 Å². The largest absolute Gasteiger partial charge is 0.493 e. The molecule has 0 aliphatic rings. The normalized spacial score (nSPS) is 11.8. The zero-order valence-corrected chi connectivity index (χ0v) is 15.8. The number of thioether (sulfide) groups is 1. The lowest BCUT2D eigenvalue weighted by Gasteiger charge is -2.12. The van der Waals surface area contributed by atoms with E-state index in [1.807, 2.05) is 6.07 Å². The van der Waals surface area contributed by atoms with Crippen molar-refractivity contribution < 1.29 is 9.90 Å². The number of nitrogens with zero attached hydrogens (tertiary/aromatic N) is 1. The number of halogens is 1. The van der Waals surface area contributed by atoms with Crippen LogP contribution in [0.5, 0.6) is 5.88 Å². The van der Waals surface area contributed by atoms with Crippen molar-refractivity contribution in [3.8, 4) is 17.0 Å². The SMILES string of the molecule is C[C@@H](Sc1nc(O)c(-c2ccccc2)c(=O)[nH]1)C(=O)Nc1cccc(Cl)c1. The molecular formula is C19H16ClN3O3S. The number of hydrogen-bond acceptors (Lipinski definition) is 5. The molecule has 1 aromatic heterocycles. The van der Waals surface area contributed by atoms with Crippen LogP contribution in [0.4, 0.5) is 5.69 Å². The minimum absolute atomic E-state index is 0.0935. The first kappa shape index (κ1) is 19.0. The second-order valence-electron chi connectivity index (χ2n) is 5.70. The summed E-state index contributed by atoms with van der Waals surface area (Å²) in [6.45, 7) is 1.67. The van der Waals surface area contributed by atoms with E-state index in [0.29, 0.717) is 16.3 Å². The van der Waals surface area contributed by atoms with Crippen LogP contribution in [0.15, 0.2) is 64.5 Å². The quantitative estimate of drug-likeness (QED) is 0.445. The third-order valence-corrected chi connectivity index (χ3v) is 4.91. The van der Waals surface area contributed by atoms with E-state index in [-0.39, 0.29) is 22.5 Å². The summed E-state index contributed by atoms with van der Waals surface area (Å²) in [5, 5.41) is 13.0. The molecule has 0 unspecified atom stereocenters. The van der Waals surface area contributed by atoms with Crippen molar-refractivity contribution in [2.24, 2.45) is 0 Å². The van der Waals surface area contributed by atoms with E-state index in [2.05, 4.69) is 15.3 Å². The van der Waals surface area contributed by atoms with E-state index in [9.17, 15) is 14.7 Å². The lowest BCUT2D eigenvalue weighted by Crippen LogP contribution is -2.23. The smallest absolute Gasteiger partial charge is 0.263 e. The van der Waals surface area contributed by atoms with Gasteiger partial charge in [-0.3, -0.25) is 9.59 Å². The fourth-order valence-electron chi connectivity index (χ4n) is 2.39. The molecule has 0 saturated heterocycles. The van der Waals surface area contributed by atoms with Gasteiger partial charge in [-0.1, -0.05) is 59.8 Å². The molecule has 0 radical (unpaired) electrons. The van der Waals surface area contributed by atoms with Crippen molar-refractivity contribution in [1.29, 1.82) is 0 Å². The zero-order valence-electron chi connectivity index (χ0n) is 14.3. The summed E-state index contributed by atoms with van der Waals surface area (Å²) >= 11 is 6.94. The van der Waals surface area contributed by atoms with Crippen LogP contribution in [0.1, 0.15) is 6.92 Å². The van der Waals surface area contributed by atoms with Gasteiger partial charge in [-0.15, -0.1) is 0 Å². The van der Waals surface area contributed by atoms with E-state index in [1.165, 1.54) is 0 Å². The topological polar surface area (TPSA) is 95.1 Å². The van der Waals surface area contributed by atoms with E-state index in [0.717, 1.165) is 11.8 Å². The summed E-state index contributed by atoms with van der Waals surface area (Å²) < 4.78 is 0. The minimum Gasteiger partial charge on any atom is -0.493 e. The first-order valence-corrected chi connectivity index (χ1v) is 9.31. The molecule has 6 nitrogen and oxygen atoms in total. The predicted octanol–water partition coefficient (Wildman–Crippen LogP) is 3.92. The van der Waals surface area contributed by atoms with Crippen molar-refractivity contribution in [2.45, 2.75) is 17.3 Å². The average molecular weight is 402 g/mol. The maximum atomic E-state index is 12.4. The van der Waals surface area contributed by atoms with Crippen LogP contribution >= 0.6 is 23.4 Å².